The molecule has 2 amide bonds. The molecule has 0 aliphatic heterocycles. The van der Waals surface area contributed by atoms with Crippen molar-refractivity contribution in [3.8, 4) is 5.75 Å². The first kappa shape index (κ1) is 20.3. The van der Waals surface area contributed by atoms with E-state index in [4.69, 9.17) is 4.74 Å². The van der Waals surface area contributed by atoms with Crippen molar-refractivity contribution >= 4 is 17.7 Å². The molecule has 0 aliphatic carbocycles. The number of nitrogens with one attached hydrogen (secondary N) is 2. The number of phenols is 1. The SMILES string of the molecule is CCCCCCNC(=O)OCc1ccc(C(=O)Nc2ccccc2O)cc1. The molecule has 0 spiro atoms. The predicted octanol–water partition coefficient (Wildman–Crippen LogP) is 4.45. The second-order valence-corrected chi connectivity index (χ2v) is 6.23. The first-order chi connectivity index (χ1) is 13.1. The van der Waals surface area contributed by atoms with Gasteiger partial charge in [0, 0.05) is 12.1 Å². The quantitative estimate of drug-likeness (QED) is 0.449. The van der Waals surface area contributed by atoms with Crippen LogP contribution < -0.4 is 10.6 Å². The number of ether oxygens (including phenoxy) is 1. The Kier molecular flexibility index (Phi) is 8.16. The molecule has 0 aliphatic rings. The summed E-state index contributed by atoms with van der Waals surface area (Å²) in [6.07, 6.45) is 3.93. The van der Waals surface area contributed by atoms with E-state index in [0.29, 0.717) is 17.8 Å². The molecule has 0 fully saturated rings. The monoisotopic (exact) mass is 370 g/mol. The molecule has 0 radical (unpaired) electrons. The Hall–Kier alpha value is -3.02. The van der Waals surface area contributed by atoms with Crippen LogP contribution in [0.4, 0.5) is 10.5 Å². The van der Waals surface area contributed by atoms with Gasteiger partial charge in [0.15, 0.2) is 0 Å². The lowest BCUT2D eigenvalue weighted by atomic mass is 10.1. The maximum absolute atomic E-state index is 12.2. The number of rotatable bonds is 9. The average molecular weight is 370 g/mol. The smallest absolute Gasteiger partial charge is 0.407 e. The summed E-state index contributed by atoms with van der Waals surface area (Å²) in [6.45, 7) is 2.90. The Morgan fingerprint density at radius 1 is 1.00 bits per heavy atom. The van der Waals surface area contributed by atoms with Crippen molar-refractivity contribution in [3.63, 3.8) is 0 Å². The lowest BCUT2D eigenvalue weighted by molar-refractivity contribution is 0.102. The van der Waals surface area contributed by atoms with E-state index in [1.54, 1.807) is 42.5 Å². The van der Waals surface area contributed by atoms with Crippen LogP contribution in [0.5, 0.6) is 5.75 Å². The van der Waals surface area contributed by atoms with Gasteiger partial charge in [-0.1, -0.05) is 50.5 Å². The minimum atomic E-state index is -0.437. The first-order valence-corrected chi connectivity index (χ1v) is 9.19. The molecule has 2 aromatic rings. The minimum Gasteiger partial charge on any atom is -0.506 e. The van der Waals surface area contributed by atoms with Crippen LogP contribution in [0.15, 0.2) is 48.5 Å². The molecule has 2 rings (SSSR count). The molecule has 0 atom stereocenters. The number of phenolic OH excluding ortho intramolecular Hbond substituents is 1. The molecule has 0 aromatic heterocycles. The average Bonchev–Trinajstić information content (AvgIpc) is 2.68. The Morgan fingerprint density at radius 2 is 1.74 bits per heavy atom. The fourth-order valence-electron chi connectivity index (χ4n) is 2.47. The molecule has 0 saturated heterocycles. The van der Waals surface area contributed by atoms with E-state index < -0.39 is 6.09 Å². The maximum atomic E-state index is 12.2. The summed E-state index contributed by atoms with van der Waals surface area (Å²) < 4.78 is 5.16. The first-order valence-electron chi connectivity index (χ1n) is 9.19. The van der Waals surface area contributed by atoms with Crippen LogP contribution in [0.25, 0.3) is 0 Å². The molecule has 6 heteroatoms. The highest BCUT2D eigenvalue weighted by atomic mass is 16.5. The standard InChI is InChI=1S/C21H26N2O4/c1-2-3-4-7-14-22-21(26)27-15-16-10-12-17(13-11-16)20(25)23-18-8-5-6-9-19(18)24/h5-6,8-13,24H,2-4,7,14-15H2,1H3,(H,22,26)(H,23,25). The summed E-state index contributed by atoms with van der Waals surface area (Å²) in [5, 5.41) is 15.1. The molecule has 0 heterocycles. The van der Waals surface area contributed by atoms with Crippen LogP contribution >= 0.6 is 0 Å². The van der Waals surface area contributed by atoms with Crippen LogP contribution in [0.3, 0.4) is 0 Å². The molecule has 6 nitrogen and oxygen atoms in total. The number of hydrogen-bond donors (Lipinski definition) is 3. The highest BCUT2D eigenvalue weighted by molar-refractivity contribution is 6.04. The number of unbranched alkanes of at least 4 members (excludes halogenated alkanes) is 3. The zero-order chi connectivity index (χ0) is 19.5. The van der Waals surface area contributed by atoms with Gasteiger partial charge >= 0.3 is 6.09 Å². The second-order valence-electron chi connectivity index (χ2n) is 6.23. The number of amides is 2. The third kappa shape index (κ3) is 7.01. The number of para-hydroxylation sites is 2. The molecular weight excluding hydrogens is 344 g/mol. The molecular formula is C21H26N2O4. The number of carbonyl (C=O) groups excluding carboxylic acids is 2. The van der Waals surface area contributed by atoms with Gasteiger partial charge in [-0.05, 0) is 36.2 Å². The van der Waals surface area contributed by atoms with E-state index in [-0.39, 0.29) is 18.3 Å². The van der Waals surface area contributed by atoms with E-state index in [1.807, 2.05) is 0 Å². The van der Waals surface area contributed by atoms with Gasteiger partial charge in [-0.2, -0.15) is 0 Å². The molecule has 144 valence electrons. The minimum absolute atomic E-state index is 0.0107. The summed E-state index contributed by atoms with van der Waals surface area (Å²) in [5.41, 5.74) is 1.59. The summed E-state index contributed by atoms with van der Waals surface area (Å²) >= 11 is 0. The second kappa shape index (κ2) is 10.9. The van der Waals surface area contributed by atoms with Gasteiger partial charge in [0.2, 0.25) is 0 Å². The number of hydrogen-bond acceptors (Lipinski definition) is 4. The van der Waals surface area contributed by atoms with Crippen LogP contribution in [0, 0.1) is 0 Å². The maximum Gasteiger partial charge on any atom is 0.407 e. The highest BCUT2D eigenvalue weighted by Crippen LogP contribution is 2.22. The van der Waals surface area contributed by atoms with E-state index in [9.17, 15) is 14.7 Å². The Labute approximate surface area is 159 Å². The van der Waals surface area contributed by atoms with Crippen molar-refractivity contribution in [2.45, 2.75) is 39.2 Å². The van der Waals surface area contributed by atoms with Crippen molar-refractivity contribution in [3.05, 3.63) is 59.7 Å². The summed E-state index contributed by atoms with van der Waals surface area (Å²) in [6, 6.07) is 13.3. The summed E-state index contributed by atoms with van der Waals surface area (Å²) in [5.74, 6) is -0.314. The summed E-state index contributed by atoms with van der Waals surface area (Å²) in [7, 11) is 0. The van der Waals surface area contributed by atoms with Gasteiger partial charge < -0.3 is 20.5 Å². The summed E-state index contributed by atoms with van der Waals surface area (Å²) in [4.78, 5) is 23.9. The van der Waals surface area contributed by atoms with Crippen molar-refractivity contribution < 1.29 is 19.4 Å². The van der Waals surface area contributed by atoms with E-state index >= 15 is 0 Å². The molecule has 3 N–H and O–H groups in total. The number of aromatic hydroxyl groups is 1. The van der Waals surface area contributed by atoms with Gasteiger partial charge in [0.1, 0.15) is 12.4 Å². The van der Waals surface area contributed by atoms with Crippen LogP contribution in [-0.2, 0) is 11.3 Å². The highest BCUT2D eigenvalue weighted by Gasteiger charge is 2.09. The van der Waals surface area contributed by atoms with Gasteiger partial charge in [-0.3, -0.25) is 4.79 Å². The van der Waals surface area contributed by atoms with Crippen LogP contribution in [0.2, 0.25) is 0 Å². The number of anilines is 1. The fourth-order valence-corrected chi connectivity index (χ4v) is 2.47. The van der Waals surface area contributed by atoms with Gasteiger partial charge in [-0.25, -0.2) is 4.79 Å². The van der Waals surface area contributed by atoms with Crippen molar-refractivity contribution in [2.75, 3.05) is 11.9 Å². The zero-order valence-electron chi connectivity index (χ0n) is 15.5. The van der Waals surface area contributed by atoms with Gasteiger partial charge in [0.05, 0.1) is 5.69 Å². The normalized spacial score (nSPS) is 10.3. The largest absolute Gasteiger partial charge is 0.506 e. The van der Waals surface area contributed by atoms with Crippen molar-refractivity contribution in [1.29, 1.82) is 0 Å². The Bertz CT molecular complexity index is 744. The zero-order valence-corrected chi connectivity index (χ0v) is 15.5. The molecule has 27 heavy (non-hydrogen) atoms. The Morgan fingerprint density at radius 3 is 2.44 bits per heavy atom. The predicted molar refractivity (Wildman–Crippen MR) is 105 cm³/mol. The number of benzene rings is 2. The fraction of sp³-hybridized carbons (Fsp3) is 0.333. The number of carbonyl (C=O) groups is 2. The van der Waals surface area contributed by atoms with E-state index in [2.05, 4.69) is 17.6 Å². The van der Waals surface area contributed by atoms with Crippen LogP contribution in [-0.4, -0.2) is 23.7 Å². The van der Waals surface area contributed by atoms with Crippen LogP contribution in [0.1, 0.15) is 48.5 Å². The topological polar surface area (TPSA) is 87.7 Å². The van der Waals surface area contributed by atoms with Gasteiger partial charge in [0.25, 0.3) is 5.91 Å². The Balaban J connectivity index is 1.77. The van der Waals surface area contributed by atoms with Crippen molar-refractivity contribution in [2.24, 2.45) is 0 Å². The van der Waals surface area contributed by atoms with E-state index in [0.717, 1.165) is 24.8 Å². The van der Waals surface area contributed by atoms with E-state index in [1.165, 1.54) is 12.5 Å². The van der Waals surface area contributed by atoms with Crippen molar-refractivity contribution in [1.82, 2.24) is 5.32 Å². The molecule has 0 bridgehead atoms. The number of alkyl carbamates (subject to hydrolysis) is 1. The lowest BCUT2D eigenvalue weighted by Crippen LogP contribution is -2.25. The lowest BCUT2D eigenvalue weighted by Gasteiger charge is -2.09. The molecule has 2 aromatic carbocycles. The van der Waals surface area contributed by atoms with Gasteiger partial charge in [-0.15, -0.1) is 0 Å². The third-order valence-corrected chi connectivity index (χ3v) is 4.04. The third-order valence-electron chi connectivity index (χ3n) is 4.04. The molecule has 0 saturated carbocycles. The molecule has 0 unspecified atom stereocenters.